The van der Waals surface area contributed by atoms with Crippen LogP contribution in [0.3, 0.4) is 0 Å². The molecular weight excluding hydrogens is 198 g/mol. The minimum atomic E-state index is -1.75. The predicted molar refractivity (Wildman–Crippen MR) is 55.6 cm³/mol. The Morgan fingerprint density at radius 2 is 2.07 bits per heavy atom. The first-order valence-corrected chi connectivity index (χ1v) is 4.82. The smallest absolute Gasteiger partial charge is 0.253 e. The van der Waals surface area contributed by atoms with Crippen molar-refractivity contribution < 1.29 is 9.65 Å². The molecule has 6 heteroatoms. The molecule has 1 heterocycles. The van der Waals surface area contributed by atoms with Gasteiger partial charge in [-0.05, 0) is 6.42 Å². The largest absolute Gasteiger partial charge is 0.356 e. The fraction of sp³-hybridized carbons (Fsp3) is 0.667. The third kappa shape index (κ3) is 5.66. The number of aryl methyl sites for hydroxylation is 2. The van der Waals surface area contributed by atoms with Gasteiger partial charge < -0.3 is 15.3 Å². The van der Waals surface area contributed by atoms with E-state index < -0.39 is 5.09 Å². The number of hydrogen-bond acceptors (Lipinski definition) is 3. The van der Waals surface area contributed by atoms with E-state index in [1.807, 2.05) is 0 Å². The van der Waals surface area contributed by atoms with Crippen LogP contribution in [0.5, 0.6) is 0 Å². The van der Waals surface area contributed by atoms with Crippen LogP contribution in [0.2, 0.25) is 0 Å². The van der Waals surface area contributed by atoms with Crippen molar-refractivity contribution in [2.75, 3.05) is 0 Å². The number of aromatic nitrogens is 2. The van der Waals surface area contributed by atoms with Crippen molar-refractivity contribution in [2.45, 2.75) is 33.2 Å². The highest BCUT2D eigenvalue weighted by Crippen LogP contribution is 1.91. The highest BCUT2D eigenvalue weighted by atomic mass is 16.9. The highest BCUT2D eigenvalue weighted by Gasteiger charge is 2.06. The summed E-state index contributed by atoms with van der Waals surface area (Å²) < 4.78 is 4.44. The van der Waals surface area contributed by atoms with Crippen molar-refractivity contribution in [3.8, 4) is 0 Å². The van der Waals surface area contributed by atoms with Crippen molar-refractivity contribution in [2.24, 2.45) is 7.05 Å². The molecule has 1 aromatic rings. The summed E-state index contributed by atoms with van der Waals surface area (Å²) in [5, 5.41) is 14.8. The Bertz CT molecular complexity index is 306. The second-order valence-electron chi connectivity index (χ2n) is 3.23. The van der Waals surface area contributed by atoms with Gasteiger partial charge in [-0.3, -0.25) is 0 Å². The molecule has 0 saturated carbocycles. The molecular formula is C9H17N3O3. The Balaban J connectivity index is 0.000000423. The fourth-order valence-electron chi connectivity index (χ4n) is 1.16. The summed E-state index contributed by atoms with van der Waals surface area (Å²) in [5.74, 6) is 1.33. The van der Waals surface area contributed by atoms with Gasteiger partial charge in [0.1, 0.15) is 12.4 Å². The summed E-state index contributed by atoms with van der Waals surface area (Å²) >= 11 is 0. The molecule has 0 aliphatic heterocycles. The maximum atomic E-state index is 8.25. The zero-order chi connectivity index (χ0) is 11.8. The lowest BCUT2D eigenvalue weighted by atomic mass is 10.3. The van der Waals surface area contributed by atoms with E-state index in [1.54, 1.807) is 0 Å². The Hall–Kier alpha value is -1.59. The van der Waals surface area contributed by atoms with E-state index in [1.165, 1.54) is 18.7 Å². The number of rotatable bonds is 3. The van der Waals surface area contributed by atoms with Crippen LogP contribution in [0.25, 0.3) is 0 Å². The first-order chi connectivity index (χ1) is 6.99. The Morgan fingerprint density at radius 1 is 1.53 bits per heavy atom. The van der Waals surface area contributed by atoms with Gasteiger partial charge >= 0.3 is 0 Å². The maximum absolute atomic E-state index is 8.25. The van der Waals surface area contributed by atoms with E-state index in [9.17, 15) is 0 Å². The number of nitrogens with zero attached hydrogens (tertiary/aromatic N) is 3. The van der Waals surface area contributed by atoms with Crippen LogP contribution >= 0.6 is 0 Å². The molecule has 15 heavy (non-hydrogen) atoms. The monoisotopic (exact) mass is 215 g/mol. The van der Waals surface area contributed by atoms with Gasteiger partial charge in [-0.15, -0.1) is 0 Å². The third-order valence-electron chi connectivity index (χ3n) is 2.15. The predicted octanol–water partition coefficient (Wildman–Crippen LogP) is 1.18. The van der Waals surface area contributed by atoms with Gasteiger partial charge in [0.25, 0.3) is 5.82 Å². The van der Waals surface area contributed by atoms with Crippen molar-refractivity contribution in [3.05, 3.63) is 33.5 Å². The van der Waals surface area contributed by atoms with Crippen LogP contribution in [0.1, 0.15) is 25.6 Å². The van der Waals surface area contributed by atoms with Crippen molar-refractivity contribution in [1.82, 2.24) is 4.57 Å². The van der Waals surface area contributed by atoms with Crippen LogP contribution in [0, 0.1) is 22.2 Å². The average Bonchev–Trinajstić information content (AvgIpc) is 2.44. The van der Waals surface area contributed by atoms with E-state index in [2.05, 4.69) is 42.4 Å². The molecule has 6 nitrogen and oxygen atoms in total. The van der Waals surface area contributed by atoms with E-state index in [0.29, 0.717) is 0 Å². The first kappa shape index (κ1) is 13.4. The lowest BCUT2D eigenvalue weighted by Crippen LogP contribution is -2.35. The van der Waals surface area contributed by atoms with Crippen LogP contribution in [-0.4, -0.2) is 9.65 Å². The quantitative estimate of drug-likeness (QED) is 0.431. The summed E-state index contributed by atoms with van der Waals surface area (Å²) in [6.07, 6.45) is 6.78. The molecule has 0 bridgehead atoms. The van der Waals surface area contributed by atoms with Gasteiger partial charge in [-0.25, -0.2) is 9.13 Å². The summed E-state index contributed by atoms with van der Waals surface area (Å²) in [4.78, 5) is 8.25. The van der Waals surface area contributed by atoms with E-state index >= 15 is 0 Å². The molecule has 0 saturated heterocycles. The van der Waals surface area contributed by atoms with Gasteiger partial charge in [0.2, 0.25) is 0 Å². The second kappa shape index (κ2) is 6.80. The average molecular weight is 215 g/mol. The zero-order valence-corrected chi connectivity index (χ0v) is 9.34. The van der Waals surface area contributed by atoms with Crippen LogP contribution < -0.4 is 4.57 Å². The molecule has 0 N–H and O–H groups in total. The number of imidazole rings is 1. The minimum absolute atomic E-state index is 1.16. The van der Waals surface area contributed by atoms with Crippen LogP contribution in [0.15, 0.2) is 12.4 Å². The van der Waals surface area contributed by atoms with Crippen molar-refractivity contribution in [3.63, 3.8) is 0 Å². The molecule has 0 spiro atoms. The van der Waals surface area contributed by atoms with Crippen LogP contribution in [-0.2, 0) is 13.6 Å². The van der Waals surface area contributed by atoms with Gasteiger partial charge in [0.15, 0.2) is 0 Å². The van der Waals surface area contributed by atoms with E-state index in [0.717, 1.165) is 6.54 Å². The summed E-state index contributed by atoms with van der Waals surface area (Å²) in [5.41, 5.74) is 0. The lowest BCUT2D eigenvalue weighted by Gasteiger charge is -1.95. The normalized spacial score (nSPS) is 9.27. The lowest BCUT2D eigenvalue weighted by molar-refractivity contribution is -0.702. The van der Waals surface area contributed by atoms with Gasteiger partial charge in [0, 0.05) is 6.92 Å². The zero-order valence-electron chi connectivity index (χ0n) is 9.34. The molecule has 86 valence electrons. The molecule has 0 aromatic carbocycles. The van der Waals surface area contributed by atoms with Gasteiger partial charge in [-0.1, -0.05) is 13.3 Å². The summed E-state index contributed by atoms with van der Waals surface area (Å²) in [6.45, 7) is 5.53. The maximum Gasteiger partial charge on any atom is 0.253 e. The van der Waals surface area contributed by atoms with E-state index in [4.69, 9.17) is 15.3 Å². The second-order valence-corrected chi connectivity index (χ2v) is 3.23. The Morgan fingerprint density at radius 3 is 2.40 bits per heavy atom. The first-order valence-electron chi connectivity index (χ1n) is 4.82. The Labute approximate surface area is 88.9 Å². The molecule has 1 aromatic heterocycles. The standard InChI is InChI=1S/C9H17N2.NO3/c1-4-5-6-11-8-7-10(3)9(11)2;2-1(3)4/h7-8H,4-6H2,1-3H3;/q+1;-1. The van der Waals surface area contributed by atoms with Crippen LogP contribution in [0.4, 0.5) is 0 Å². The van der Waals surface area contributed by atoms with Gasteiger partial charge in [0.05, 0.1) is 18.7 Å². The summed E-state index contributed by atoms with van der Waals surface area (Å²) in [7, 11) is 2.08. The molecule has 0 aliphatic carbocycles. The molecule has 0 fully saturated rings. The summed E-state index contributed by atoms with van der Waals surface area (Å²) in [6, 6.07) is 0. The van der Waals surface area contributed by atoms with Gasteiger partial charge in [-0.2, -0.15) is 0 Å². The topological polar surface area (TPSA) is 75.0 Å². The van der Waals surface area contributed by atoms with E-state index in [-0.39, 0.29) is 0 Å². The Kier molecular flexibility index (Phi) is 6.08. The molecule has 0 atom stereocenters. The SMILES string of the molecule is CCCC[n+]1ccn(C)c1C.O=[N+]([O-])[O-]. The third-order valence-corrected chi connectivity index (χ3v) is 2.15. The van der Waals surface area contributed by atoms with Crippen molar-refractivity contribution in [1.29, 1.82) is 0 Å². The molecule has 0 amide bonds. The molecule has 0 aliphatic rings. The molecule has 0 radical (unpaired) electrons. The fourth-order valence-corrected chi connectivity index (χ4v) is 1.16. The molecule has 1 rings (SSSR count). The highest BCUT2D eigenvalue weighted by molar-refractivity contribution is 4.76. The number of unbranched alkanes of at least 4 members (excludes halogenated alkanes) is 1. The van der Waals surface area contributed by atoms with Crippen molar-refractivity contribution >= 4 is 0 Å². The minimum Gasteiger partial charge on any atom is -0.356 e. The number of hydrogen-bond donors (Lipinski definition) is 0. The molecule has 0 unspecified atom stereocenters.